The molecule has 5 atom stereocenters. The lowest BCUT2D eigenvalue weighted by Crippen LogP contribution is -2.30. The molecule has 618 valence electrons. The molecule has 0 heterocycles. The second kappa shape index (κ2) is 77.8. The van der Waals surface area contributed by atoms with E-state index >= 15 is 0 Å². The van der Waals surface area contributed by atoms with Gasteiger partial charge in [-0.1, -0.05) is 407 Å². The highest BCUT2D eigenvalue weighted by Gasteiger charge is 2.30. The van der Waals surface area contributed by atoms with Gasteiger partial charge in [-0.3, -0.25) is 37.3 Å². The summed E-state index contributed by atoms with van der Waals surface area (Å²) in [6.07, 6.45) is 70.8. The predicted molar refractivity (Wildman–Crippen MR) is 428 cm³/mol. The minimum atomic E-state index is -4.96. The molecule has 0 aliphatic carbocycles. The highest BCUT2D eigenvalue weighted by molar-refractivity contribution is 7.47. The topological polar surface area (TPSA) is 237 Å². The van der Waals surface area contributed by atoms with Crippen LogP contribution in [-0.2, 0) is 65.4 Å². The first-order valence-corrected chi connectivity index (χ1v) is 47.1. The number of hydrogen-bond acceptors (Lipinski definition) is 15. The van der Waals surface area contributed by atoms with Gasteiger partial charge in [0.15, 0.2) is 12.2 Å². The summed E-state index contributed by atoms with van der Waals surface area (Å²) in [6, 6.07) is 0. The maximum Gasteiger partial charge on any atom is 0.472 e. The van der Waals surface area contributed by atoms with Crippen LogP contribution in [0.15, 0.2) is 0 Å². The molecule has 104 heavy (non-hydrogen) atoms. The zero-order valence-corrected chi connectivity index (χ0v) is 70.0. The second-order valence-corrected chi connectivity index (χ2v) is 34.0. The summed E-state index contributed by atoms with van der Waals surface area (Å²) >= 11 is 0. The van der Waals surface area contributed by atoms with Crippen LogP contribution in [0.4, 0.5) is 0 Å². The number of phosphoric acid groups is 2. The number of phosphoric ester groups is 2. The van der Waals surface area contributed by atoms with Crippen molar-refractivity contribution in [3.63, 3.8) is 0 Å². The van der Waals surface area contributed by atoms with Gasteiger partial charge in [0.05, 0.1) is 26.4 Å². The van der Waals surface area contributed by atoms with Crippen molar-refractivity contribution >= 4 is 39.5 Å². The normalized spacial score (nSPS) is 13.8. The van der Waals surface area contributed by atoms with Crippen molar-refractivity contribution < 1.29 is 80.2 Å². The zero-order chi connectivity index (χ0) is 76.2. The Hall–Kier alpha value is -1.94. The van der Waals surface area contributed by atoms with Gasteiger partial charge in [0.25, 0.3) is 0 Å². The van der Waals surface area contributed by atoms with E-state index in [1.807, 2.05) is 0 Å². The van der Waals surface area contributed by atoms with E-state index in [4.69, 9.17) is 37.0 Å². The maximum atomic E-state index is 13.1. The van der Waals surface area contributed by atoms with E-state index in [1.165, 1.54) is 283 Å². The smallest absolute Gasteiger partial charge is 0.462 e. The van der Waals surface area contributed by atoms with Crippen molar-refractivity contribution in [2.75, 3.05) is 39.6 Å². The third-order valence-electron chi connectivity index (χ3n) is 20.0. The third kappa shape index (κ3) is 78.2. The van der Waals surface area contributed by atoms with E-state index in [2.05, 4.69) is 34.6 Å². The molecule has 0 aliphatic rings. The first kappa shape index (κ1) is 102. The first-order chi connectivity index (χ1) is 50.5. The number of aliphatic hydroxyl groups excluding tert-OH is 1. The second-order valence-electron chi connectivity index (χ2n) is 31.1. The lowest BCUT2D eigenvalue weighted by atomic mass is 10.0. The molecule has 0 aromatic rings. The minimum absolute atomic E-state index is 0.108. The van der Waals surface area contributed by atoms with Crippen LogP contribution < -0.4 is 0 Å². The molecule has 0 rings (SSSR count). The Kier molecular flexibility index (Phi) is 76.3. The molecule has 19 heteroatoms. The van der Waals surface area contributed by atoms with E-state index < -0.39 is 97.5 Å². The van der Waals surface area contributed by atoms with E-state index in [9.17, 15) is 43.2 Å². The van der Waals surface area contributed by atoms with Crippen LogP contribution >= 0.6 is 15.6 Å². The summed E-state index contributed by atoms with van der Waals surface area (Å²) in [5.74, 6) is -1.28. The van der Waals surface area contributed by atoms with Crippen LogP contribution in [0.5, 0.6) is 0 Å². The molecule has 0 aliphatic heterocycles. The molecule has 0 spiro atoms. The SMILES string of the molecule is CCCCCCCCCCCCCCCCCCCCCC(=O)OC[C@H](COP(=O)(O)OC[C@@H](O)COP(=O)(O)OC[C@@H](COC(=O)CCCCCCCCCCCCCC)OC(=O)CCCCCCCCCCCCCC)OC(=O)CCCCCCCCCCCCCCCCCCCCC(C)C. The number of unbranched alkanes of at least 4 members (excludes halogenated alkanes) is 57. The largest absolute Gasteiger partial charge is 0.472 e. The Morgan fingerprint density at radius 3 is 0.654 bits per heavy atom. The number of ether oxygens (including phenoxy) is 4. The van der Waals surface area contributed by atoms with Gasteiger partial charge in [0.1, 0.15) is 19.3 Å². The van der Waals surface area contributed by atoms with Crippen LogP contribution in [-0.4, -0.2) is 96.7 Å². The van der Waals surface area contributed by atoms with Gasteiger partial charge in [-0.25, -0.2) is 9.13 Å². The molecule has 0 bridgehead atoms. The van der Waals surface area contributed by atoms with Gasteiger partial charge >= 0.3 is 39.5 Å². The van der Waals surface area contributed by atoms with E-state index in [1.54, 1.807) is 0 Å². The quantitative estimate of drug-likeness (QED) is 0.0222. The van der Waals surface area contributed by atoms with Gasteiger partial charge in [0, 0.05) is 25.7 Å². The molecule has 17 nitrogen and oxygen atoms in total. The number of hydrogen-bond donors (Lipinski definition) is 3. The van der Waals surface area contributed by atoms with Crippen molar-refractivity contribution in [2.45, 2.75) is 477 Å². The fourth-order valence-electron chi connectivity index (χ4n) is 13.3. The fraction of sp³-hybridized carbons (Fsp3) is 0.953. The lowest BCUT2D eigenvalue weighted by Gasteiger charge is -2.21. The van der Waals surface area contributed by atoms with Crippen molar-refractivity contribution in [3.05, 3.63) is 0 Å². The molecular weight excluding hydrogens is 1350 g/mol. The highest BCUT2D eigenvalue weighted by Crippen LogP contribution is 2.45. The molecule has 0 fully saturated rings. The van der Waals surface area contributed by atoms with Crippen LogP contribution in [0.25, 0.3) is 0 Å². The van der Waals surface area contributed by atoms with Crippen LogP contribution in [0, 0.1) is 5.92 Å². The number of esters is 4. The van der Waals surface area contributed by atoms with Crippen molar-refractivity contribution in [3.8, 4) is 0 Å². The van der Waals surface area contributed by atoms with Crippen molar-refractivity contribution in [1.29, 1.82) is 0 Å². The van der Waals surface area contributed by atoms with Gasteiger partial charge in [-0.2, -0.15) is 0 Å². The predicted octanol–water partition coefficient (Wildman–Crippen LogP) is 26.0. The monoisotopic (exact) mass is 1520 g/mol. The van der Waals surface area contributed by atoms with Gasteiger partial charge < -0.3 is 33.8 Å². The van der Waals surface area contributed by atoms with Crippen molar-refractivity contribution in [2.24, 2.45) is 5.92 Å². The number of aliphatic hydroxyl groups is 1. The average Bonchev–Trinajstić information content (AvgIpc) is 0.941. The molecule has 0 aromatic heterocycles. The lowest BCUT2D eigenvalue weighted by molar-refractivity contribution is -0.161. The molecule has 0 saturated carbocycles. The van der Waals surface area contributed by atoms with Gasteiger partial charge in [0.2, 0.25) is 0 Å². The molecule has 0 amide bonds. The van der Waals surface area contributed by atoms with Gasteiger partial charge in [-0.05, 0) is 31.6 Å². The fourth-order valence-corrected chi connectivity index (χ4v) is 14.9. The van der Waals surface area contributed by atoms with Gasteiger partial charge in [-0.15, -0.1) is 0 Å². The number of rotatable bonds is 85. The molecular formula is C85H166O17P2. The first-order valence-electron chi connectivity index (χ1n) is 44.1. The Morgan fingerprint density at radius 1 is 0.260 bits per heavy atom. The molecule has 0 radical (unpaired) electrons. The zero-order valence-electron chi connectivity index (χ0n) is 68.2. The molecule has 2 unspecified atom stereocenters. The standard InChI is InChI=1S/C85H166O17P2/c1-6-9-12-15-18-21-24-27-28-29-30-34-37-40-45-49-54-59-64-69-83(88)96-75-81(102-85(90)71-66-61-56-51-46-41-38-35-32-31-33-36-39-42-47-52-57-62-67-78(4)5)77-100-104(93,94)98-73-79(86)72-97-103(91,92)99-76-80(101-84(89)70-65-60-55-50-44-26-23-20-17-14-11-8-3)74-95-82(87)68-63-58-53-48-43-25-22-19-16-13-10-7-2/h78-81,86H,6-77H2,1-5H3,(H,91,92)(H,93,94)/t79-,80+,81+/m0/s1. The van der Waals surface area contributed by atoms with Crippen LogP contribution in [0.2, 0.25) is 0 Å². The Balaban J connectivity index is 5.22. The minimum Gasteiger partial charge on any atom is -0.462 e. The Bertz CT molecular complexity index is 1980. The summed E-state index contributed by atoms with van der Waals surface area (Å²) in [6.45, 7) is 7.39. The molecule has 0 aromatic carbocycles. The Labute approximate surface area is 638 Å². The summed E-state index contributed by atoms with van der Waals surface area (Å²) in [5, 5.41) is 10.7. The number of carbonyl (C=O) groups excluding carboxylic acids is 4. The Morgan fingerprint density at radius 2 is 0.442 bits per heavy atom. The van der Waals surface area contributed by atoms with E-state index in [0.29, 0.717) is 25.7 Å². The maximum absolute atomic E-state index is 13.1. The summed E-state index contributed by atoms with van der Waals surface area (Å²) in [5.41, 5.74) is 0. The summed E-state index contributed by atoms with van der Waals surface area (Å²) in [4.78, 5) is 73.2. The summed E-state index contributed by atoms with van der Waals surface area (Å²) in [7, 11) is -9.92. The molecule has 3 N–H and O–H groups in total. The van der Waals surface area contributed by atoms with Crippen LogP contribution in [0.1, 0.15) is 458 Å². The third-order valence-corrected chi connectivity index (χ3v) is 21.9. The van der Waals surface area contributed by atoms with Crippen molar-refractivity contribution in [1.82, 2.24) is 0 Å². The summed E-state index contributed by atoms with van der Waals surface area (Å²) < 4.78 is 68.8. The van der Waals surface area contributed by atoms with Crippen LogP contribution in [0.3, 0.4) is 0 Å². The number of carbonyl (C=O) groups is 4. The van der Waals surface area contributed by atoms with E-state index in [-0.39, 0.29) is 25.7 Å². The van der Waals surface area contributed by atoms with E-state index in [0.717, 1.165) is 95.8 Å². The highest BCUT2D eigenvalue weighted by atomic mass is 31.2. The average molecular weight is 1520 g/mol. The molecule has 0 saturated heterocycles.